The molecule has 4 aromatic rings. The van der Waals surface area contributed by atoms with Gasteiger partial charge in [0.05, 0.1) is 16.1 Å². The summed E-state index contributed by atoms with van der Waals surface area (Å²) >= 11 is 12.2. The first-order chi connectivity index (χ1) is 17.0. The molecule has 3 heterocycles. The molecule has 2 aromatic carbocycles. The monoisotopic (exact) mass is 505 g/mol. The molecule has 0 unspecified atom stereocenters. The number of amides is 2. The number of benzene rings is 2. The number of rotatable bonds is 4. The lowest BCUT2D eigenvalue weighted by molar-refractivity contribution is 0.0671. The average molecular weight is 506 g/mol. The second-order valence-electron chi connectivity index (χ2n) is 8.39. The van der Waals surface area contributed by atoms with Gasteiger partial charge in [-0.1, -0.05) is 53.5 Å². The van der Waals surface area contributed by atoms with E-state index in [0.717, 1.165) is 5.56 Å². The molecule has 35 heavy (non-hydrogen) atoms. The maximum Gasteiger partial charge on any atom is 0.254 e. The fraction of sp³-hybridized carbons (Fsp3) is 0.192. The maximum absolute atomic E-state index is 13.5. The Morgan fingerprint density at radius 2 is 1.74 bits per heavy atom. The largest absolute Gasteiger partial charge is 0.349 e. The molecule has 0 bridgehead atoms. The summed E-state index contributed by atoms with van der Waals surface area (Å²) in [7, 11) is 0. The Morgan fingerprint density at radius 1 is 0.943 bits per heavy atom. The van der Waals surface area contributed by atoms with Gasteiger partial charge in [0.1, 0.15) is 10.7 Å². The van der Waals surface area contributed by atoms with E-state index in [9.17, 15) is 9.59 Å². The number of hydrogen-bond acceptors (Lipinski definition) is 5. The zero-order valence-corrected chi connectivity index (χ0v) is 20.1. The fourth-order valence-corrected chi connectivity index (χ4v) is 4.82. The van der Waals surface area contributed by atoms with Crippen LogP contribution in [-0.4, -0.2) is 50.8 Å². The summed E-state index contributed by atoms with van der Waals surface area (Å²) in [6.45, 7) is 0.935. The zero-order valence-electron chi connectivity index (χ0n) is 18.6. The smallest absolute Gasteiger partial charge is 0.254 e. The number of fused-ring (bicyclic) bond motifs is 1. The second kappa shape index (κ2) is 9.98. The van der Waals surface area contributed by atoms with Crippen LogP contribution >= 0.6 is 23.2 Å². The van der Waals surface area contributed by atoms with Gasteiger partial charge in [0.2, 0.25) is 0 Å². The number of likely N-dealkylation sites (tertiary alicyclic amines) is 1. The molecule has 0 saturated carbocycles. The highest BCUT2D eigenvalue weighted by Gasteiger charge is 2.34. The van der Waals surface area contributed by atoms with Crippen LogP contribution in [0.3, 0.4) is 0 Å². The van der Waals surface area contributed by atoms with E-state index < -0.39 is 0 Å². The molecule has 1 fully saturated rings. The van der Waals surface area contributed by atoms with Crippen molar-refractivity contribution in [1.29, 1.82) is 0 Å². The lowest BCUT2D eigenvalue weighted by Gasteiger charge is -2.39. The predicted molar refractivity (Wildman–Crippen MR) is 135 cm³/mol. The van der Waals surface area contributed by atoms with Gasteiger partial charge in [-0.25, -0.2) is 4.98 Å². The van der Waals surface area contributed by atoms with Crippen LogP contribution < -0.4 is 5.32 Å². The summed E-state index contributed by atoms with van der Waals surface area (Å²) in [6, 6.07) is 16.3. The van der Waals surface area contributed by atoms with E-state index in [1.54, 1.807) is 41.6 Å². The summed E-state index contributed by atoms with van der Waals surface area (Å²) in [6.07, 6.45) is 5.20. The molecule has 176 valence electrons. The lowest BCUT2D eigenvalue weighted by atomic mass is 9.85. The number of pyridine rings is 1. The first-order valence-electron chi connectivity index (χ1n) is 11.2. The Hall–Kier alpha value is -3.55. The third-order valence-corrected chi connectivity index (χ3v) is 6.72. The summed E-state index contributed by atoms with van der Waals surface area (Å²) in [5, 5.41) is 3.85. The van der Waals surface area contributed by atoms with Crippen molar-refractivity contribution in [2.75, 3.05) is 13.1 Å². The summed E-state index contributed by atoms with van der Waals surface area (Å²) in [5.74, 6) is -0.444. The highest BCUT2D eigenvalue weighted by Crippen LogP contribution is 2.30. The topological polar surface area (TPSA) is 88.1 Å². The van der Waals surface area contributed by atoms with Crippen LogP contribution in [0.25, 0.3) is 11.0 Å². The number of carbonyl (C=O) groups excluding carboxylic acids is 2. The molecule has 9 heteroatoms. The van der Waals surface area contributed by atoms with Crippen molar-refractivity contribution in [3.8, 4) is 0 Å². The maximum atomic E-state index is 13.5. The number of aromatic nitrogens is 3. The normalized spacial score (nSPS) is 17.8. The van der Waals surface area contributed by atoms with Crippen molar-refractivity contribution in [1.82, 2.24) is 25.2 Å². The second-order valence-corrected chi connectivity index (χ2v) is 9.18. The average Bonchev–Trinajstić information content (AvgIpc) is 2.89. The minimum Gasteiger partial charge on any atom is -0.349 e. The number of hydrogen-bond donors (Lipinski definition) is 1. The number of nitrogens with zero attached hydrogens (tertiary/aromatic N) is 4. The van der Waals surface area contributed by atoms with Gasteiger partial charge in [-0.15, -0.1) is 0 Å². The molecule has 5 rings (SSSR count). The third kappa shape index (κ3) is 4.97. The van der Waals surface area contributed by atoms with Crippen LogP contribution in [0, 0.1) is 0 Å². The Labute approximate surface area is 212 Å². The summed E-state index contributed by atoms with van der Waals surface area (Å²) in [5.41, 5.74) is 3.08. The number of carbonyl (C=O) groups is 2. The van der Waals surface area contributed by atoms with Crippen LogP contribution in [0.5, 0.6) is 0 Å². The van der Waals surface area contributed by atoms with Gasteiger partial charge in [0, 0.05) is 49.2 Å². The Kier molecular flexibility index (Phi) is 6.61. The Balaban J connectivity index is 1.39. The SMILES string of the molecule is O=C(N[C@@H]1CCN(C(=O)c2cc(Cl)c3nccnc3c2)C[C@H]1c1ccccc1)c1ccc(Cl)nc1. The van der Waals surface area contributed by atoms with E-state index >= 15 is 0 Å². The first-order valence-corrected chi connectivity index (χ1v) is 11.9. The minimum atomic E-state index is -0.222. The van der Waals surface area contributed by atoms with E-state index in [4.69, 9.17) is 23.2 Å². The molecular formula is C26H21Cl2N5O2. The van der Waals surface area contributed by atoms with Gasteiger partial charge in [-0.2, -0.15) is 0 Å². The van der Waals surface area contributed by atoms with Crippen LogP contribution in [0.4, 0.5) is 0 Å². The van der Waals surface area contributed by atoms with E-state index in [1.807, 2.05) is 30.3 Å². The van der Waals surface area contributed by atoms with Gasteiger partial charge >= 0.3 is 0 Å². The van der Waals surface area contributed by atoms with Crippen LogP contribution in [-0.2, 0) is 0 Å². The molecule has 0 spiro atoms. The Bertz CT molecular complexity index is 1380. The third-order valence-electron chi connectivity index (χ3n) is 6.21. The zero-order chi connectivity index (χ0) is 24.4. The molecule has 7 nitrogen and oxygen atoms in total. The van der Waals surface area contributed by atoms with Crippen molar-refractivity contribution >= 4 is 46.0 Å². The molecule has 1 aliphatic heterocycles. The van der Waals surface area contributed by atoms with Crippen molar-refractivity contribution in [2.24, 2.45) is 0 Å². The van der Waals surface area contributed by atoms with Crippen LogP contribution in [0.2, 0.25) is 10.2 Å². The molecule has 1 saturated heterocycles. The summed E-state index contributed by atoms with van der Waals surface area (Å²) in [4.78, 5) is 40.7. The first kappa shape index (κ1) is 23.2. The van der Waals surface area contributed by atoms with E-state index in [0.29, 0.717) is 51.8 Å². The summed E-state index contributed by atoms with van der Waals surface area (Å²) < 4.78 is 0. The van der Waals surface area contributed by atoms with Gasteiger partial charge in [0.15, 0.2) is 0 Å². The molecule has 1 aliphatic rings. The fourth-order valence-electron chi connectivity index (χ4n) is 4.45. The van der Waals surface area contributed by atoms with E-state index in [1.165, 1.54) is 6.20 Å². The predicted octanol–water partition coefficient (Wildman–Crippen LogP) is 4.76. The molecule has 0 aliphatic carbocycles. The van der Waals surface area contributed by atoms with Crippen LogP contribution in [0.15, 0.2) is 73.2 Å². The minimum absolute atomic E-state index is 0.0890. The molecule has 1 N–H and O–H groups in total. The van der Waals surface area contributed by atoms with Crippen LogP contribution in [0.1, 0.15) is 38.6 Å². The van der Waals surface area contributed by atoms with E-state index in [-0.39, 0.29) is 23.8 Å². The van der Waals surface area contributed by atoms with Gasteiger partial charge in [0.25, 0.3) is 11.8 Å². The highest BCUT2D eigenvalue weighted by molar-refractivity contribution is 6.35. The number of nitrogens with one attached hydrogen (secondary N) is 1. The van der Waals surface area contributed by atoms with Gasteiger partial charge < -0.3 is 10.2 Å². The van der Waals surface area contributed by atoms with Crippen molar-refractivity contribution < 1.29 is 9.59 Å². The van der Waals surface area contributed by atoms with Crippen molar-refractivity contribution in [3.63, 3.8) is 0 Å². The number of halogens is 2. The quantitative estimate of drug-likeness (QED) is 0.404. The molecule has 2 atom stereocenters. The Morgan fingerprint density at radius 3 is 2.51 bits per heavy atom. The lowest BCUT2D eigenvalue weighted by Crippen LogP contribution is -2.51. The number of piperidine rings is 1. The van der Waals surface area contributed by atoms with Crippen molar-refractivity contribution in [2.45, 2.75) is 18.4 Å². The highest BCUT2D eigenvalue weighted by atomic mass is 35.5. The standard InChI is InChI=1S/C26H21Cl2N5O2/c27-20-12-18(13-22-24(20)30-10-9-29-22)26(35)33-11-8-21(19(15-33)16-4-2-1-3-5-16)32-25(34)17-6-7-23(28)31-14-17/h1-7,9-10,12-14,19,21H,8,11,15H2,(H,32,34)/t19-,21+/m0/s1. The van der Waals surface area contributed by atoms with E-state index in [2.05, 4.69) is 20.3 Å². The van der Waals surface area contributed by atoms with Gasteiger partial charge in [-0.3, -0.25) is 19.6 Å². The molecule has 2 aromatic heterocycles. The van der Waals surface area contributed by atoms with Crippen molar-refractivity contribution in [3.05, 3.63) is 100 Å². The molecule has 0 radical (unpaired) electrons. The molecular weight excluding hydrogens is 485 g/mol. The van der Waals surface area contributed by atoms with Gasteiger partial charge in [-0.05, 0) is 36.2 Å². The molecule has 2 amide bonds.